The summed E-state index contributed by atoms with van der Waals surface area (Å²) in [6.45, 7) is 3.07. The summed E-state index contributed by atoms with van der Waals surface area (Å²) in [4.78, 5) is 2.46. The molecular weight excluding hydrogens is 210 g/mol. The van der Waals surface area contributed by atoms with Crippen molar-refractivity contribution in [2.75, 3.05) is 13.6 Å². The lowest BCUT2D eigenvalue weighted by atomic mass is 9.92. The van der Waals surface area contributed by atoms with Crippen LogP contribution < -0.4 is 5.73 Å². The number of hydrogen-bond acceptors (Lipinski definition) is 3. The average molecular weight is 237 g/mol. The van der Waals surface area contributed by atoms with Gasteiger partial charge in [-0.1, -0.05) is 26.2 Å². The van der Waals surface area contributed by atoms with Gasteiger partial charge < -0.3 is 10.6 Å². The highest BCUT2D eigenvalue weighted by Crippen LogP contribution is 2.22. The van der Waals surface area contributed by atoms with Crippen molar-refractivity contribution in [2.24, 2.45) is 5.73 Å². The first-order chi connectivity index (χ1) is 8.11. The lowest BCUT2D eigenvalue weighted by Crippen LogP contribution is -2.39. The van der Waals surface area contributed by atoms with E-state index in [1.807, 2.05) is 6.92 Å². The Bertz CT molecular complexity index is 253. The summed E-state index contributed by atoms with van der Waals surface area (Å²) in [7, 11) is 2.21. The summed E-state index contributed by atoms with van der Waals surface area (Å²) in [6.07, 6.45) is 9.44. The quantitative estimate of drug-likeness (QED) is 0.772. The summed E-state index contributed by atoms with van der Waals surface area (Å²) < 4.78 is 0. The van der Waals surface area contributed by atoms with E-state index in [0.29, 0.717) is 0 Å². The van der Waals surface area contributed by atoms with Crippen LogP contribution in [0.5, 0.6) is 0 Å². The Morgan fingerprint density at radius 2 is 2.00 bits per heavy atom. The smallest absolute Gasteiger partial charge is 0.104 e. The fourth-order valence-electron chi connectivity index (χ4n) is 2.66. The first kappa shape index (κ1) is 14.5. The Labute approximate surface area is 106 Å². The maximum absolute atomic E-state index is 9.01. The largest absolute Gasteiger partial charge is 0.313 e. The molecule has 0 amide bonds. The van der Waals surface area contributed by atoms with Gasteiger partial charge in [0.1, 0.15) is 5.54 Å². The van der Waals surface area contributed by atoms with Crippen LogP contribution in [0.15, 0.2) is 0 Å². The van der Waals surface area contributed by atoms with Gasteiger partial charge in [0.25, 0.3) is 0 Å². The Kier molecular flexibility index (Phi) is 5.94. The summed E-state index contributed by atoms with van der Waals surface area (Å²) in [5, 5.41) is 9.01. The van der Waals surface area contributed by atoms with E-state index in [1.54, 1.807) is 0 Å². The molecule has 2 N–H and O–H groups in total. The van der Waals surface area contributed by atoms with Crippen LogP contribution in [0.3, 0.4) is 0 Å². The second kappa shape index (κ2) is 6.98. The second-order valence-electron chi connectivity index (χ2n) is 5.50. The average Bonchev–Trinajstić information content (AvgIpc) is 2.39. The molecule has 1 aliphatic carbocycles. The van der Waals surface area contributed by atoms with Crippen LogP contribution in [-0.2, 0) is 0 Å². The SMILES string of the molecule is CCC(N)(C#N)CCCN(C)C1CCCCC1. The van der Waals surface area contributed by atoms with Gasteiger partial charge in [-0.2, -0.15) is 5.26 Å². The van der Waals surface area contributed by atoms with Gasteiger partial charge in [0.15, 0.2) is 0 Å². The predicted octanol–water partition coefficient (Wildman–Crippen LogP) is 2.66. The zero-order valence-electron chi connectivity index (χ0n) is 11.4. The first-order valence-corrected chi connectivity index (χ1v) is 7.01. The van der Waals surface area contributed by atoms with Crippen LogP contribution in [0.2, 0.25) is 0 Å². The fraction of sp³-hybridized carbons (Fsp3) is 0.929. The van der Waals surface area contributed by atoms with E-state index in [9.17, 15) is 0 Å². The van der Waals surface area contributed by atoms with Crippen molar-refractivity contribution in [3.8, 4) is 6.07 Å². The van der Waals surface area contributed by atoms with Crippen LogP contribution in [0, 0.1) is 11.3 Å². The van der Waals surface area contributed by atoms with Crippen molar-refractivity contribution in [3.63, 3.8) is 0 Å². The van der Waals surface area contributed by atoms with Crippen molar-refractivity contribution in [3.05, 3.63) is 0 Å². The lowest BCUT2D eigenvalue weighted by Gasteiger charge is -2.31. The third-order valence-corrected chi connectivity index (χ3v) is 4.19. The maximum Gasteiger partial charge on any atom is 0.104 e. The predicted molar refractivity (Wildman–Crippen MR) is 71.6 cm³/mol. The zero-order chi connectivity index (χ0) is 12.7. The molecule has 3 nitrogen and oxygen atoms in total. The molecule has 98 valence electrons. The Morgan fingerprint density at radius 1 is 1.35 bits per heavy atom. The topological polar surface area (TPSA) is 53.1 Å². The highest BCUT2D eigenvalue weighted by molar-refractivity contribution is 5.03. The van der Waals surface area contributed by atoms with Gasteiger partial charge in [-0.25, -0.2) is 0 Å². The molecule has 1 atom stereocenters. The fourth-order valence-corrected chi connectivity index (χ4v) is 2.66. The van der Waals surface area contributed by atoms with Crippen molar-refractivity contribution in [2.45, 2.75) is 69.9 Å². The summed E-state index contributed by atoms with van der Waals surface area (Å²) in [6, 6.07) is 3.00. The molecule has 0 radical (unpaired) electrons. The molecule has 0 aliphatic heterocycles. The summed E-state index contributed by atoms with van der Waals surface area (Å²) in [5.41, 5.74) is 5.38. The molecule has 1 unspecified atom stereocenters. The van der Waals surface area contributed by atoms with E-state index in [0.717, 1.165) is 31.8 Å². The molecule has 0 aromatic carbocycles. The minimum atomic E-state index is -0.604. The molecule has 3 heteroatoms. The number of nitrogens with zero attached hydrogens (tertiary/aromatic N) is 2. The van der Waals surface area contributed by atoms with Crippen molar-refractivity contribution in [1.29, 1.82) is 5.26 Å². The van der Waals surface area contributed by atoms with Gasteiger partial charge in [0, 0.05) is 6.04 Å². The number of nitrogens with two attached hydrogens (primary N) is 1. The molecule has 1 aliphatic rings. The Balaban J connectivity index is 2.23. The normalized spacial score (nSPS) is 21.1. The highest BCUT2D eigenvalue weighted by atomic mass is 15.1. The number of rotatable bonds is 6. The monoisotopic (exact) mass is 237 g/mol. The van der Waals surface area contributed by atoms with Gasteiger partial charge in [0.2, 0.25) is 0 Å². The minimum absolute atomic E-state index is 0.604. The molecule has 0 spiro atoms. The van der Waals surface area contributed by atoms with Gasteiger partial charge in [0.05, 0.1) is 6.07 Å². The van der Waals surface area contributed by atoms with E-state index in [4.69, 9.17) is 11.0 Å². The van der Waals surface area contributed by atoms with E-state index in [-0.39, 0.29) is 0 Å². The molecule has 0 heterocycles. The molecule has 1 fully saturated rings. The molecule has 0 saturated heterocycles. The third-order valence-electron chi connectivity index (χ3n) is 4.19. The standard InChI is InChI=1S/C14H27N3/c1-3-14(16,12-15)10-7-11-17(2)13-8-5-4-6-9-13/h13H,3-11,16H2,1-2H3. The number of nitriles is 1. The molecule has 1 saturated carbocycles. The number of hydrogen-bond donors (Lipinski definition) is 1. The zero-order valence-corrected chi connectivity index (χ0v) is 11.4. The van der Waals surface area contributed by atoms with Crippen LogP contribution in [0.1, 0.15) is 58.3 Å². The summed E-state index contributed by atoms with van der Waals surface area (Å²) in [5.74, 6) is 0. The van der Waals surface area contributed by atoms with E-state index in [1.165, 1.54) is 32.1 Å². The lowest BCUT2D eigenvalue weighted by molar-refractivity contribution is 0.185. The Morgan fingerprint density at radius 3 is 2.53 bits per heavy atom. The van der Waals surface area contributed by atoms with E-state index < -0.39 is 5.54 Å². The maximum atomic E-state index is 9.01. The van der Waals surface area contributed by atoms with Gasteiger partial charge >= 0.3 is 0 Å². The summed E-state index contributed by atoms with van der Waals surface area (Å²) >= 11 is 0. The third kappa shape index (κ3) is 4.65. The highest BCUT2D eigenvalue weighted by Gasteiger charge is 2.22. The van der Waals surface area contributed by atoms with E-state index in [2.05, 4.69) is 18.0 Å². The molecule has 1 rings (SSSR count). The Hall–Kier alpha value is -0.590. The molecule has 17 heavy (non-hydrogen) atoms. The first-order valence-electron chi connectivity index (χ1n) is 7.01. The molecule has 0 bridgehead atoms. The molecule has 0 aromatic rings. The minimum Gasteiger partial charge on any atom is -0.313 e. The van der Waals surface area contributed by atoms with Crippen LogP contribution >= 0.6 is 0 Å². The van der Waals surface area contributed by atoms with Gasteiger partial charge in [-0.15, -0.1) is 0 Å². The van der Waals surface area contributed by atoms with Crippen molar-refractivity contribution < 1.29 is 0 Å². The van der Waals surface area contributed by atoms with Crippen LogP contribution in [0.25, 0.3) is 0 Å². The van der Waals surface area contributed by atoms with Gasteiger partial charge in [-0.3, -0.25) is 0 Å². The second-order valence-corrected chi connectivity index (χ2v) is 5.50. The van der Waals surface area contributed by atoms with Crippen LogP contribution in [0.4, 0.5) is 0 Å². The molecule has 0 aromatic heterocycles. The van der Waals surface area contributed by atoms with Crippen molar-refractivity contribution in [1.82, 2.24) is 4.90 Å². The van der Waals surface area contributed by atoms with Crippen molar-refractivity contribution >= 4 is 0 Å². The molecular formula is C14H27N3. The van der Waals surface area contributed by atoms with Crippen LogP contribution in [-0.4, -0.2) is 30.1 Å². The van der Waals surface area contributed by atoms with Gasteiger partial charge in [-0.05, 0) is 45.7 Å². The van der Waals surface area contributed by atoms with E-state index >= 15 is 0 Å².